The molecule has 0 radical (unpaired) electrons. The van der Waals surface area contributed by atoms with E-state index in [-0.39, 0.29) is 5.03 Å². The van der Waals surface area contributed by atoms with Gasteiger partial charge in [0, 0.05) is 13.2 Å². The molecule has 15 heavy (non-hydrogen) atoms. The second-order valence-electron chi connectivity index (χ2n) is 3.21. The molecule has 0 fully saturated rings. The SMILES string of the molecule is Cc1nc(S(=O)(=O)NC(C)C#N)cn1C. The summed E-state index contributed by atoms with van der Waals surface area (Å²) in [6.07, 6.45) is 1.40. The predicted octanol–water partition coefficient (Wildman–Crippen LogP) is -0.0811. The van der Waals surface area contributed by atoms with Crippen LogP contribution in [0.4, 0.5) is 0 Å². The first kappa shape index (κ1) is 11.7. The van der Waals surface area contributed by atoms with Crippen LogP contribution in [0.1, 0.15) is 12.7 Å². The second kappa shape index (κ2) is 4.00. The van der Waals surface area contributed by atoms with Gasteiger partial charge in [-0.25, -0.2) is 13.4 Å². The Bertz CT molecular complexity index is 478. The van der Waals surface area contributed by atoms with E-state index >= 15 is 0 Å². The molecule has 1 aromatic rings. The van der Waals surface area contributed by atoms with Crippen molar-refractivity contribution in [1.29, 1.82) is 5.26 Å². The van der Waals surface area contributed by atoms with E-state index in [0.29, 0.717) is 5.82 Å². The quantitative estimate of drug-likeness (QED) is 0.783. The first-order chi connectivity index (χ1) is 6.86. The largest absolute Gasteiger partial charge is 0.337 e. The zero-order valence-corrected chi connectivity index (χ0v) is 9.54. The van der Waals surface area contributed by atoms with Crippen LogP contribution >= 0.6 is 0 Å². The molecule has 7 heteroatoms. The lowest BCUT2D eigenvalue weighted by Gasteiger charge is -2.04. The van der Waals surface area contributed by atoms with Crippen LogP contribution in [0.5, 0.6) is 0 Å². The van der Waals surface area contributed by atoms with Gasteiger partial charge in [0.1, 0.15) is 11.9 Å². The van der Waals surface area contributed by atoms with E-state index in [4.69, 9.17) is 5.26 Å². The fraction of sp³-hybridized carbons (Fsp3) is 0.500. The topological polar surface area (TPSA) is 87.8 Å². The number of nitrogens with one attached hydrogen (secondary N) is 1. The molecule has 1 aromatic heterocycles. The fourth-order valence-electron chi connectivity index (χ4n) is 0.975. The van der Waals surface area contributed by atoms with Gasteiger partial charge in [-0.05, 0) is 13.8 Å². The van der Waals surface area contributed by atoms with Crippen LogP contribution in [0.2, 0.25) is 0 Å². The fourth-order valence-corrected chi connectivity index (χ4v) is 2.16. The minimum absolute atomic E-state index is 0.0652. The van der Waals surface area contributed by atoms with Crippen LogP contribution in [-0.2, 0) is 17.1 Å². The number of sulfonamides is 1. The smallest absolute Gasteiger partial charge is 0.260 e. The minimum Gasteiger partial charge on any atom is -0.337 e. The summed E-state index contributed by atoms with van der Waals surface area (Å²) in [7, 11) is -1.97. The number of rotatable bonds is 3. The lowest BCUT2D eigenvalue weighted by atomic mass is 10.4. The highest BCUT2D eigenvalue weighted by Gasteiger charge is 2.20. The average Bonchev–Trinajstić information content (AvgIpc) is 2.47. The zero-order chi connectivity index (χ0) is 11.6. The maximum atomic E-state index is 11.6. The van der Waals surface area contributed by atoms with Crippen LogP contribution in [0, 0.1) is 18.3 Å². The summed E-state index contributed by atoms with van der Waals surface area (Å²) in [5.41, 5.74) is 0. The standard InChI is InChI=1S/C8H12N4O2S/c1-6(4-9)11-15(13,14)8-5-12(3)7(2)10-8/h5-6,11H,1-3H3. The molecule has 0 aromatic carbocycles. The van der Waals surface area contributed by atoms with Gasteiger partial charge in [-0.2, -0.15) is 9.98 Å². The van der Waals surface area contributed by atoms with Crippen molar-refractivity contribution < 1.29 is 8.42 Å². The average molecular weight is 228 g/mol. The number of imidazole rings is 1. The number of hydrogen-bond donors (Lipinski definition) is 1. The van der Waals surface area contributed by atoms with E-state index in [1.807, 2.05) is 0 Å². The summed E-state index contributed by atoms with van der Waals surface area (Å²) in [6, 6.07) is 1.02. The van der Waals surface area contributed by atoms with Crippen LogP contribution in [0.3, 0.4) is 0 Å². The Morgan fingerprint density at radius 3 is 2.67 bits per heavy atom. The monoisotopic (exact) mass is 228 g/mol. The van der Waals surface area contributed by atoms with Gasteiger partial charge in [0.15, 0.2) is 5.03 Å². The van der Waals surface area contributed by atoms with Crippen molar-refractivity contribution in [3.63, 3.8) is 0 Å². The summed E-state index contributed by atoms with van der Waals surface area (Å²) < 4.78 is 27.1. The van der Waals surface area contributed by atoms with Crippen LogP contribution in [0.25, 0.3) is 0 Å². The van der Waals surface area contributed by atoms with Crippen LogP contribution in [-0.4, -0.2) is 24.0 Å². The van der Waals surface area contributed by atoms with E-state index in [2.05, 4.69) is 9.71 Å². The van der Waals surface area contributed by atoms with Gasteiger partial charge >= 0.3 is 0 Å². The maximum absolute atomic E-state index is 11.6. The molecule has 0 saturated carbocycles. The molecular formula is C8H12N4O2S. The van der Waals surface area contributed by atoms with E-state index in [1.54, 1.807) is 24.6 Å². The number of hydrogen-bond acceptors (Lipinski definition) is 4. The molecule has 0 saturated heterocycles. The molecule has 0 spiro atoms. The van der Waals surface area contributed by atoms with Crippen molar-refractivity contribution in [1.82, 2.24) is 14.3 Å². The molecule has 0 aliphatic rings. The first-order valence-electron chi connectivity index (χ1n) is 4.28. The highest BCUT2D eigenvalue weighted by molar-refractivity contribution is 7.89. The number of aromatic nitrogens is 2. The van der Waals surface area contributed by atoms with Crippen LogP contribution in [0.15, 0.2) is 11.2 Å². The molecule has 1 N–H and O–H groups in total. The predicted molar refractivity (Wildman–Crippen MR) is 53.3 cm³/mol. The third kappa shape index (κ3) is 2.55. The molecule has 1 unspecified atom stereocenters. The van der Waals surface area contributed by atoms with Crippen molar-refractivity contribution in [3.05, 3.63) is 12.0 Å². The van der Waals surface area contributed by atoms with Crippen molar-refractivity contribution in [2.24, 2.45) is 7.05 Å². The van der Waals surface area contributed by atoms with Crippen molar-refractivity contribution in [2.75, 3.05) is 0 Å². The van der Waals surface area contributed by atoms with Gasteiger partial charge in [-0.1, -0.05) is 0 Å². The summed E-state index contributed by atoms with van der Waals surface area (Å²) in [6.45, 7) is 3.17. The normalized spacial score (nSPS) is 13.5. The van der Waals surface area contributed by atoms with Gasteiger partial charge in [0.05, 0.1) is 6.07 Å². The highest BCUT2D eigenvalue weighted by atomic mass is 32.2. The van der Waals surface area contributed by atoms with E-state index in [9.17, 15) is 8.42 Å². The Morgan fingerprint density at radius 1 is 1.67 bits per heavy atom. The summed E-state index contributed by atoms with van der Waals surface area (Å²) in [4.78, 5) is 3.87. The van der Waals surface area contributed by atoms with Crippen molar-refractivity contribution in [3.8, 4) is 6.07 Å². The Labute approximate surface area is 88.6 Å². The van der Waals surface area contributed by atoms with Crippen LogP contribution < -0.4 is 4.72 Å². The van der Waals surface area contributed by atoms with Gasteiger partial charge in [-0.3, -0.25) is 0 Å². The molecule has 0 amide bonds. The molecule has 1 heterocycles. The van der Waals surface area contributed by atoms with Gasteiger partial charge < -0.3 is 4.57 Å². The third-order valence-electron chi connectivity index (χ3n) is 1.89. The highest BCUT2D eigenvalue weighted by Crippen LogP contribution is 2.07. The molecule has 0 aliphatic heterocycles. The molecule has 1 rings (SSSR count). The summed E-state index contributed by atoms with van der Waals surface area (Å²) in [5.74, 6) is 0.597. The van der Waals surface area contributed by atoms with E-state index in [1.165, 1.54) is 13.1 Å². The summed E-state index contributed by atoms with van der Waals surface area (Å²) >= 11 is 0. The Kier molecular flexibility index (Phi) is 3.12. The second-order valence-corrected chi connectivity index (χ2v) is 4.87. The zero-order valence-electron chi connectivity index (χ0n) is 8.72. The number of nitriles is 1. The molecule has 82 valence electrons. The first-order valence-corrected chi connectivity index (χ1v) is 5.77. The number of aryl methyl sites for hydroxylation is 2. The Morgan fingerprint density at radius 2 is 2.27 bits per heavy atom. The van der Waals surface area contributed by atoms with E-state index < -0.39 is 16.1 Å². The van der Waals surface area contributed by atoms with Crippen molar-refractivity contribution >= 4 is 10.0 Å². The lowest BCUT2D eigenvalue weighted by molar-refractivity contribution is 0.573. The van der Waals surface area contributed by atoms with Crippen molar-refractivity contribution in [2.45, 2.75) is 24.9 Å². The number of nitrogens with zero attached hydrogens (tertiary/aromatic N) is 3. The van der Waals surface area contributed by atoms with E-state index in [0.717, 1.165) is 0 Å². The summed E-state index contributed by atoms with van der Waals surface area (Å²) in [5, 5.41) is 8.44. The van der Waals surface area contributed by atoms with Gasteiger partial charge in [-0.15, -0.1) is 0 Å². The molecule has 1 atom stereocenters. The molecular weight excluding hydrogens is 216 g/mol. The van der Waals surface area contributed by atoms with Gasteiger partial charge in [0.25, 0.3) is 10.0 Å². The molecule has 6 nitrogen and oxygen atoms in total. The molecule has 0 bridgehead atoms. The Hall–Kier alpha value is -1.39. The third-order valence-corrected chi connectivity index (χ3v) is 3.30. The molecule has 0 aliphatic carbocycles. The lowest BCUT2D eigenvalue weighted by Crippen LogP contribution is -2.31. The maximum Gasteiger partial charge on any atom is 0.260 e. The minimum atomic E-state index is -3.68. The Balaban J connectivity index is 3.03. The van der Waals surface area contributed by atoms with Gasteiger partial charge in [0.2, 0.25) is 0 Å².